The van der Waals surface area contributed by atoms with Crippen molar-refractivity contribution in [2.24, 2.45) is 0 Å². The number of thiophene rings is 1. The molecule has 1 saturated carbocycles. The molecule has 1 aromatic heterocycles. The molecule has 1 fully saturated rings. The van der Waals surface area contributed by atoms with Crippen LogP contribution in [0, 0.1) is 5.82 Å². The van der Waals surface area contributed by atoms with Gasteiger partial charge in [-0.05, 0) is 55.8 Å². The van der Waals surface area contributed by atoms with Crippen molar-refractivity contribution in [1.29, 1.82) is 0 Å². The van der Waals surface area contributed by atoms with Crippen LogP contribution in [0.3, 0.4) is 0 Å². The van der Waals surface area contributed by atoms with Crippen LogP contribution >= 0.6 is 11.3 Å². The molecule has 1 heterocycles. The summed E-state index contributed by atoms with van der Waals surface area (Å²) in [5.74, 6) is -0.950. The minimum Gasteiger partial charge on any atom is -0.333 e. The Hall–Kier alpha value is -2.41. The van der Waals surface area contributed by atoms with Gasteiger partial charge in [0.25, 0.3) is 5.91 Å². The van der Waals surface area contributed by atoms with E-state index in [1.165, 1.54) is 29.5 Å². The zero-order valence-corrected chi connectivity index (χ0v) is 14.0. The lowest BCUT2D eigenvalue weighted by Crippen LogP contribution is -2.52. The zero-order chi connectivity index (χ0) is 17.2. The number of urea groups is 1. The van der Waals surface area contributed by atoms with Gasteiger partial charge in [0.15, 0.2) is 0 Å². The molecule has 126 valence electrons. The number of amides is 3. The van der Waals surface area contributed by atoms with Crippen molar-refractivity contribution in [1.82, 2.24) is 5.32 Å². The first kappa shape index (κ1) is 16.4. The first-order chi connectivity index (χ1) is 11.5. The minimum atomic E-state index is -0.560. The lowest BCUT2D eigenvalue weighted by Gasteiger charge is -2.39. The van der Waals surface area contributed by atoms with Crippen LogP contribution in [0.15, 0.2) is 35.0 Å². The molecular weight excluding hydrogens is 329 g/mol. The van der Waals surface area contributed by atoms with Gasteiger partial charge >= 0.3 is 6.03 Å². The summed E-state index contributed by atoms with van der Waals surface area (Å²) in [6, 6.07) is 5.40. The van der Waals surface area contributed by atoms with Gasteiger partial charge in [-0.1, -0.05) is 0 Å². The fourth-order valence-electron chi connectivity index (χ4n) is 2.56. The second-order valence-electron chi connectivity index (χ2n) is 6.15. The molecule has 1 aliphatic carbocycles. The summed E-state index contributed by atoms with van der Waals surface area (Å²) in [4.78, 5) is 24.0. The van der Waals surface area contributed by atoms with E-state index in [1.807, 2.05) is 6.92 Å². The molecule has 3 rings (SSSR count). The largest absolute Gasteiger partial charge is 0.333 e. The highest BCUT2D eigenvalue weighted by molar-refractivity contribution is 7.08. The number of carbonyl (C=O) groups is 2. The summed E-state index contributed by atoms with van der Waals surface area (Å²) in [5, 5.41) is 11.6. The smallest absolute Gasteiger partial charge is 0.319 e. The lowest BCUT2D eigenvalue weighted by atomic mass is 9.79. The Morgan fingerprint density at radius 3 is 2.62 bits per heavy atom. The maximum Gasteiger partial charge on any atom is 0.319 e. The van der Waals surface area contributed by atoms with Gasteiger partial charge in [-0.15, -0.1) is 0 Å². The number of benzene rings is 1. The van der Waals surface area contributed by atoms with E-state index in [0.717, 1.165) is 19.3 Å². The normalized spacial score (nSPS) is 15.2. The SMILES string of the molecule is CC1(NC(=O)Nc2ccc(F)c(NC(=O)c3ccsc3)c2)CCC1. The monoisotopic (exact) mass is 347 g/mol. The van der Waals surface area contributed by atoms with Crippen LogP contribution in [-0.4, -0.2) is 17.5 Å². The van der Waals surface area contributed by atoms with E-state index in [9.17, 15) is 14.0 Å². The Labute approximate surface area is 143 Å². The summed E-state index contributed by atoms with van der Waals surface area (Å²) in [6.45, 7) is 1.99. The van der Waals surface area contributed by atoms with E-state index >= 15 is 0 Å². The molecular formula is C17H18FN3O2S. The highest BCUT2D eigenvalue weighted by Crippen LogP contribution is 2.31. The van der Waals surface area contributed by atoms with E-state index in [4.69, 9.17) is 0 Å². The minimum absolute atomic E-state index is 0.0267. The van der Waals surface area contributed by atoms with Crippen LogP contribution < -0.4 is 16.0 Å². The first-order valence-electron chi connectivity index (χ1n) is 7.67. The molecule has 1 aliphatic rings. The summed E-state index contributed by atoms with van der Waals surface area (Å²) in [7, 11) is 0. The van der Waals surface area contributed by atoms with E-state index < -0.39 is 11.7 Å². The predicted molar refractivity (Wildman–Crippen MR) is 93.1 cm³/mol. The Morgan fingerprint density at radius 2 is 2.00 bits per heavy atom. The Kier molecular flexibility index (Phi) is 4.53. The Morgan fingerprint density at radius 1 is 1.21 bits per heavy atom. The molecule has 0 unspecified atom stereocenters. The molecule has 1 aromatic carbocycles. The van der Waals surface area contributed by atoms with Gasteiger partial charge in [-0.2, -0.15) is 11.3 Å². The van der Waals surface area contributed by atoms with Crippen LogP contribution in [-0.2, 0) is 0 Å². The number of carbonyl (C=O) groups excluding carboxylic acids is 2. The van der Waals surface area contributed by atoms with Gasteiger partial charge in [-0.3, -0.25) is 4.79 Å². The topological polar surface area (TPSA) is 70.2 Å². The van der Waals surface area contributed by atoms with Gasteiger partial charge in [0.05, 0.1) is 11.3 Å². The summed E-state index contributed by atoms with van der Waals surface area (Å²) < 4.78 is 13.9. The molecule has 24 heavy (non-hydrogen) atoms. The third-order valence-electron chi connectivity index (χ3n) is 4.13. The fourth-order valence-corrected chi connectivity index (χ4v) is 3.19. The second kappa shape index (κ2) is 6.60. The summed E-state index contributed by atoms with van der Waals surface area (Å²) >= 11 is 1.39. The van der Waals surface area contributed by atoms with Crippen molar-refractivity contribution in [3.8, 4) is 0 Å². The molecule has 0 bridgehead atoms. The van der Waals surface area contributed by atoms with Crippen molar-refractivity contribution in [3.05, 3.63) is 46.4 Å². The van der Waals surface area contributed by atoms with Crippen LogP contribution in [0.4, 0.5) is 20.6 Å². The van der Waals surface area contributed by atoms with E-state index in [2.05, 4.69) is 16.0 Å². The molecule has 0 saturated heterocycles. The van der Waals surface area contributed by atoms with Crippen molar-refractivity contribution >= 4 is 34.6 Å². The van der Waals surface area contributed by atoms with Crippen LogP contribution in [0.2, 0.25) is 0 Å². The maximum atomic E-state index is 13.9. The fraction of sp³-hybridized carbons (Fsp3) is 0.294. The van der Waals surface area contributed by atoms with Gasteiger partial charge < -0.3 is 16.0 Å². The average Bonchev–Trinajstić information content (AvgIpc) is 3.03. The molecule has 5 nitrogen and oxygen atoms in total. The molecule has 3 N–H and O–H groups in total. The van der Waals surface area contributed by atoms with Crippen LogP contribution in [0.1, 0.15) is 36.5 Å². The number of anilines is 2. The molecule has 2 aromatic rings. The second-order valence-corrected chi connectivity index (χ2v) is 6.93. The third-order valence-corrected chi connectivity index (χ3v) is 4.81. The zero-order valence-electron chi connectivity index (χ0n) is 13.2. The van der Waals surface area contributed by atoms with Gasteiger partial charge in [0, 0.05) is 16.6 Å². The molecule has 0 radical (unpaired) electrons. The lowest BCUT2D eigenvalue weighted by molar-refractivity contribution is 0.102. The summed E-state index contributed by atoms with van der Waals surface area (Å²) in [6.07, 6.45) is 3.00. The predicted octanol–water partition coefficient (Wildman–Crippen LogP) is 4.20. The highest BCUT2D eigenvalue weighted by atomic mass is 32.1. The standard InChI is InChI=1S/C17H18FN3O2S/c1-17(6-2-7-17)21-16(23)19-12-3-4-13(18)14(9-12)20-15(22)11-5-8-24-10-11/h3-5,8-10H,2,6-7H2,1H3,(H,20,22)(H2,19,21,23). The number of nitrogens with one attached hydrogen (secondary N) is 3. The Balaban J connectivity index is 1.67. The quantitative estimate of drug-likeness (QED) is 0.775. The number of hydrogen-bond donors (Lipinski definition) is 3. The molecule has 0 aliphatic heterocycles. The van der Waals surface area contributed by atoms with Gasteiger partial charge in [0.2, 0.25) is 0 Å². The van der Waals surface area contributed by atoms with Crippen molar-refractivity contribution in [2.45, 2.75) is 31.7 Å². The van der Waals surface area contributed by atoms with Crippen molar-refractivity contribution in [2.75, 3.05) is 10.6 Å². The van der Waals surface area contributed by atoms with Gasteiger partial charge in [-0.25, -0.2) is 9.18 Å². The number of rotatable bonds is 4. The van der Waals surface area contributed by atoms with Crippen LogP contribution in [0.5, 0.6) is 0 Å². The van der Waals surface area contributed by atoms with E-state index in [1.54, 1.807) is 16.8 Å². The van der Waals surface area contributed by atoms with Crippen molar-refractivity contribution < 1.29 is 14.0 Å². The summed E-state index contributed by atoms with van der Waals surface area (Å²) in [5.41, 5.74) is 0.741. The molecule has 3 amide bonds. The highest BCUT2D eigenvalue weighted by Gasteiger charge is 2.33. The third kappa shape index (κ3) is 3.73. The van der Waals surface area contributed by atoms with Crippen molar-refractivity contribution in [3.63, 3.8) is 0 Å². The molecule has 7 heteroatoms. The Bertz CT molecular complexity index is 757. The van der Waals surface area contributed by atoms with E-state index in [-0.39, 0.29) is 17.3 Å². The van der Waals surface area contributed by atoms with E-state index in [0.29, 0.717) is 11.3 Å². The first-order valence-corrected chi connectivity index (χ1v) is 8.62. The average molecular weight is 347 g/mol. The maximum absolute atomic E-state index is 13.9. The molecule has 0 spiro atoms. The van der Waals surface area contributed by atoms with Gasteiger partial charge in [0.1, 0.15) is 5.82 Å². The number of halogens is 1. The molecule has 0 atom stereocenters. The number of hydrogen-bond acceptors (Lipinski definition) is 3. The van der Waals surface area contributed by atoms with Crippen LogP contribution in [0.25, 0.3) is 0 Å².